The second-order valence-electron chi connectivity index (χ2n) is 4.70. The molecule has 0 aromatic heterocycles. The van der Waals surface area contributed by atoms with Gasteiger partial charge in [-0.05, 0) is 37.3 Å². The summed E-state index contributed by atoms with van der Waals surface area (Å²) in [5.41, 5.74) is 8.14. The SMILES string of the molecule is COc1ccc(N)cc1CNC(=O)c1cccc(O)c1C. The van der Waals surface area contributed by atoms with Crippen LogP contribution in [0, 0.1) is 6.92 Å². The van der Waals surface area contributed by atoms with Gasteiger partial charge in [-0.2, -0.15) is 0 Å². The number of methoxy groups -OCH3 is 1. The third-order valence-corrected chi connectivity index (χ3v) is 3.29. The lowest BCUT2D eigenvalue weighted by Crippen LogP contribution is -2.24. The average molecular weight is 286 g/mol. The van der Waals surface area contributed by atoms with Crippen molar-refractivity contribution in [3.63, 3.8) is 0 Å². The molecular formula is C16H18N2O3. The van der Waals surface area contributed by atoms with E-state index in [-0.39, 0.29) is 11.7 Å². The predicted octanol–water partition coefficient (Wildman–Crippen LogP) is 2.22. The fourth-order valence-corrected chi connectivity index (χ4v) is 2.08. The van der Waals surface area contributed by atoms with E-state index in [4.69, 9.17) is 10.5 Å². The highest BCUT2D eigenvalue weighted by Gasteiger charge is 2.12. The molecule has 0 aliphatic carbocycles. The molecule has 0 radical (unpaired) electrons. The van der Waals surface area contributed by atoms with Crippen LogP contribution in [0.15, 0.2) is 36.4 Å². The zero-order valence-corrected chi connectivity index (χ0v) is 12.0. The van der Waals surface area contributed by atoms with Crippen LogP contribution in [0.25, 0.3) is 0 Å². The Morgan fingerprint density at radius 2 is 2.10 bits per heavy atom. The maximum absolute atomic E-state index is 12.2. The molecule has 0 saturated carbocycles. The molecule has 0 atom stereocenters. The molecule has 0 spiro atoms. The Morgan fingerprint density at radius 3 is 2.81 bits per heavy atom. The normalized spacial score (nSPS) is 10.2. The number of anilines is 1. The number of hydrogen-bond acceptors (Lipinski definition) is 4. The number of nitrogen functional groups attached to an aromatic ring is 1. The topological polar surface area (TPSA) is 84.6 Å². The summed E-state index contributed by atoms with van der Waals surface area (Å²) in [6.07, 6.45) is 0. The molecule has 110 valence electrons. The number of hydrogen-bond donors (Lipinski definition) is 3. The van der Waals surface area contributed by atoms with Gasteiger partial charge in [0.15, 0.2) is 0 Å². The Labute approximate surface area is 123 Å². The largest absolute Gasteiger partial charge is 0.508 e. The van der Waals surface area contributed by atoms with Gasteiger partial charge in [0.1, 0.15) is 11.5 Å². The van der Waals surface area contributed by atoms with Crippen LogP contribution in [0.4, 0.5) is 5.69 Å². The molecule has 1 amide bonds. The van der Waals surface area contributed by atoms with E-state index < -0.39 is 0 Å². The van der Waals surface area contributed by atoms with Gasteiger partial charge in [0.2, 0.25) is 0 Å². The number of benzene rings is 2. The highest BCUT2D eigenvalue weighted by atomic mass is 16.5. The maximum Gasteiger partial charge on any atom is 0.251 e. The van der Waals surface area contributed by atoms with Crippen LogP contribution in [0.5, 0.6) is 11.5 Å². The third kappa shape index (κ3) is 3.25. The zero-order valence-electron chi connectivity index (χ0n) is 12.0. The van der Waals surface area contributed by atoms with Crippen molar-refractivity contribution in [1.29, 1.82) is 0 Å². The summed E-state index contributed by atoms with van der Waals surface area (Å²) >= 11 is 0. The number of amides is 1. The molecule has 0 bridgehead atoms. The fraction of sp³-hybridized carbons (Fsp3) is 0.188. The van der Waals surface area contributed by atoms with Gasteiger partial charge in [-0.15, -0.1) is 0 Å². The lowest BCUT2D eigenvalue weighted by molar-refractivity contribution is 0.0949. The number of nitrogens with two attached hydrogens (primary N) is 1. The van der Waals surface area contributed by atoms with Crippen LogP contribution in [-0.2, 0) is 6.54 Å². The molecule has 2 aromatic carbocycles. The second kappa shape index (κ2) is 6.17. The third-order valence-electron chi connectivity index (χ3n) is 3.29. The Bertz CT molecular complexity index is 669. The van der Waals surface area contributed by atoms with E-state index in [9.17, 15) is 9.90 Å². The van der Waals surface area contributed by atoms with E-state index in [2.05, 4.69) is 5.32 Å². The predicted molar refractivity (Wildman–Crippen MR) is 81.4 cm³/mol. The molecule has 21 heavy (non-hydrogen) atoms. The lowest BCUT2D eigenvalue weighted by atomic mass is 10.1. The monoisotopic (exact) mass is 286 g/mol. The maximum atomic E-state index is 12.2. The van der Waals surface area contributed by atoms with E-state index in [0.29, 0.717) is 29.1 Å². The molecular weight excluding hydrogens is 268 g/mol. The van der Waals surface area contributed by atoms with E-state index in [1.807, 2.05) is 0 Å². The van der Waals surface area contributed by atoms with Crippen LogP contribution in [0.2, 0.25) is 0 Å². The Hall–Kier alpha value is -2.69. The summed E-state index contributed by atoms with van der Waals surface area (Å²) in [5.74, 6) is 0.509. The van der Waals surface area contributed by atoms with Crippen molar-refractivity contribution in [1.82, 2.24) is 5.32 Å². The van der Waals surface area contributed by atoms with Crippen LogP contribution in [0.3, 0.4) is 0 Å². The van der Waals surface area contributed by atoms with E-state index in [1.165, 1.54) is 0 Å². The van der Waals surface area contributed by atoms with Gasteiger partial charge in [-0.1, -0.05) is 6.07 Å². The standard InChI is InChI=1S/C16H18N2O3/c1-10-13(4-3-5-14(10)19)16(20)18-9-11-8-12(17)6-7-15(11)21-2/h3-8,19H,9,17H2,1-2H3,(H,18,20). The van der Waals surface area contributed by atoms with E-state index >= 15 is 0 Å². The van der Waals surface area contributed by atoms with Gasteiger partial charge < -0.3 is 20.9 Å². The van der Waals surface area contributed by atoms with Crippen molar-refractivity contribution in [2.24, 2.45) is 0 Å². The van der Waals surface area contributed by atoms with Gasteiger partial charge in [0, 0.05) is 28.9 Å². The highest BCUT2D eigenvalue weighted by Crippen LogP contribution is 2.22. The molecule has 0 aliphatic rings. The minimum atomic E-state index is -0.257. The first-order valence-corrected chi connectivity index (χ1v) is 6.52. The van der Waals surface area contributed by atoms with Crippen LogP contribution in [-0.4, -0.2) is 18.1 Å². The lowest BCUT2D eigenvalue weighted by Gasteiger charge is -2.12. The van der Waals surface area contributed by atoms with Crippen LogP contribution in [0.1, 0.15) is 21.5 Å². The number of nitrogens with one attached hydrogen (secondary N) is 1. The van der Waals surface area contributed by atoms with Crippen LogP contribution >= 0.6 is 0 Å². The first kappa shape index (κ1) is 14.7. The summed E-state index contributed by atoms with van der Waals surface area (Å²) in [6, 6.07) is 10.1. The van der Waals surface area contributed by atoms with E-state index in [1.54, 1.807) is 50.4 Å². The van der Waals surface area contributed by atoms with Crippen LogP contribution < -0.4 is 15.8 Å². The number of aromatic hydroxyl groups is 1. The van der Waals surface area contributed by atoms with E-state index in [0.717, 1.165) is 5.56 Å². The molecule has 0 saturated heterocycles. The minimum Gasteiger partial charge on any atom is -0.508 e. The zero-order chi connectivity index (χ0) is 15.4. The van der Waals surface area contributed by atoms with Crippen molar-refractivity contribution < 1.29 is 14.6 Å². The van der Waals surface area contributed by atoms with Gasteiger partial charge in [-0.25, -0.2) is 0 Å². The Morgan fingerprint density at radius 1 is 1.33 bits per heavy atom. The molecule has 5 heteroatoms. The fourth-order valence-electron chi connectivity index (χ4n) is 2.08. The summed E-state index contributed by atoms with van der Waals surface area (Å²) in [5, 5.41) is 12.4. The first-order chi connectivity index (χ1) is 10.0. The molecule has 4 N–H and O–H groups in total. The molecule has 5 nitrogen and oxygen atoms in total. The molecule has 2 rings (SSSR count). The summed E-state index contributed by atoms with van der Waals surface area (Å²) in [6.45, 7) is 1.99. The number of phenols is 1. The van der Waals surface area contributed by atoms with Gasteiger partial charge in [-0.3, -0.25) is 4.79 Å². The second-order valence-corrected chi connectivity index (χ2v) is 4.70. The van der Waals surface area contributed by atoms with Gasteiger partial charge in [0.05, 0.1) is 7.11 Å². The summed E-state index contributed by atoms with van der Waals surface area (Å²) in [4.78, 5) is 12.2. The summed E-state index contributed by atoms with van der Waals surface area (Å²) in [7, 11) is 1.57. The minimum absolute atomic E-state index is 0.101. The Balaban J connectivity index is 2.15. The molecule has 0 unspecified atom stereocenters. The van der Waals surface area contributed by atoms with Gasteiger partial charge in [0.25, 0.3) is 5.91 Å². The van der Waals surface area contributed by atoms with Crippen molar-refractivity contribution in [2.45, 2.75) is 13.5 Å². The Kier molecular flexibility index (Phi) is 4.33. The summed E-state index contributed by atoms with van der Waals surface area (Å²) < 4.78 is 5.23. The van der Waals surface area contributed by atoms with Crippen molar-refractivity contribution in [2.75, 3.05) is 12.8 Å². The number of ether oxygens (including phenoxy) is 1. The van der Waals surface area contributed by atoms with Crippen molar-refractivity contribution in [3.05, 3.63) is 53.1 Å². The molecule has 0 heterocycles. The van der Waals surface area contributed by atoms with Crippen molar-refractivity contribution in [3.8, 4) is 11.5 Å². The average Bonchev–Trinajstić information content (AvgIpc) is 2.47. The van der Waals surface area contributed by atoms with Crippen molar-refractivity contribution >= 4 is 11.6 Å². The quantitative estimate of drug-likeness (QED) is 0.752. The molecule has 0 fully saturated rings. The number of rotatable bonds is 4. The molecule has 0 aliphatic heterocycles. The highest BCUT2D eigenvalue weighted by molar-refractivity contribution is 5.96. The number of carbonyl (C=O) groups is 1. The smallest absolute Gasteiger partial charge is 0.251 e. The number of phenolic OH excluding ortho intramolecular Hbond substituents is 1. The molecule has 2 aromatic rings. The van der Waals surface area contributed by atoms with Gasteiger partial charge >= 0.3 is 0 Å². The first-order valence-electron chi connectivity index (χ1n) is 6.52. The number of carbonyl (C=O) groups excluding carboxylic acids is 1.